The second-order valence-corrected chi connectivity index (χ2v) is 6.25. The molecule has 5 nitrogen and oxygen atoms in total. The Kier molecular flexibility index (Phi) is 5.77. The maximum atomic E-state index is 11.8. The number of carboxylic acid groups (broad SMARTS) is 1. The number of amides is 1. The van der Waals surface area contributed by atoms with Crippen molar-refractivity contribution in [1.82, 2.24) is 4.98 Å². The van der Waals surface area contributed by atoms with Crippen molar-refractivity contribution in [3.05, 3.63) is 46.4 Å². The number of aromatic nitrogens is 1. The quantitative estimate of drug-likeness (QED) is 0.819. The van der Waals surface area contributed by atoms with E-state index < -0.39 is 5.97 Å². The Balaban J connectivity index is 1.75. The second kappa shape index (κ2) is 7.80. The van der Waals surface area contributed by atoms with Crippen LogP contribution in [0.5, 0.6) is 0 Å². The first kappa shape index (κ1) is 15.5. The maximum absolute atomic E-state index is 11.8. The summed E-state index contributed by atoms with van der Waals surface area (Å²) < 4.78 is 0. The number of pyridine rings is 1. The van der Waals surface area contributed by atoms with Crippen LogP contribution in [0.1, 0.15) is 10.6 Å². The van der Waals surface area contributed by atoms with Gasteiger partial charge in [-0.1, -0.05) is 6.07 Å². The lowest BCUT2D eigenvalue weighted by atomic mass is 10.2. The zero-order valence-electron chi connectivity index (χ0n) is 11.1. The van der Waals surface area contributed by atoms with Crippen molar-refractivity contribution in [2.45, 2.75) is 12.2 Å². The number of thiophene rings is 1. The average Bonchev–Trinajstić information content (AvgIpc) is 2.93. The molecule has 0 aromatic carbocycles. The fourth-order valence-electron chi connectivity index (χ4n) is 1.59. The SMILES string of the molecule is O=C(O)Cc1ccc(NC(=O)CSCc2cccs2)cn1. The molecule has 21 heavy (non-hydrogen) atoms. The van der Waals surface area contributed by atoms with E-state index in [2.05, 4.69) is 10.3 Å². The van der Waals surface area contributed by atoms with Crippen molar-refractivity contribution in [3.8, 4) is 0 Å². The summed E-state index contributed by atoms with van der Waals surface area (Å²) >= 11 is 3.22. The van der Waals surface area contributed by atoms with Crippen molar-refractivity contribution >= 4 is 40.7 Å². The molecule has 1 amide bonds. The van der Waals surface area contributed by atoms with Crippen LogP contribution in [0.15, 0.2) is 35.8 Å². The minimum absolute atomic E-state index is 0.0932. The molecular formula is C14H14N2O3S2. The molecule has 2 heterocycles. The molecule has 0 fully saturated rings. The van der Waals surface area contributed by atoms with Crippen molar-refractivity contribution in [2.75, 3.05) is 11.1 Å². The van der Waals surface area contributed by atoms with Crippen LogP contribution in [0.25, 0.3) is 0 Å². The summed E-state index contributed by atoms with van der Waals surface area (Å²) in [6.07, 6.45) is 1.35. The summed E-state index contributed by atoms with van der Waals surface area (Å²) in [5.41, 5.74) is 1.04. The van der Waals surface area contributed by atoms with Crippen molar-refractivity contribution in [1.29, 1.82) is 0 Å². The number of nitrogens with one attached hydrogen (secondary N) is 1. The number of thioether (sulfide) groups is 1. The molecule has 0 unspecified atom stereocenters. The number of nitrogens with zero attached hydrogens (tertiary/aromatic N) is 1. The minimum Gasteiger partial charge on any atom is -0.481 e. The van der Waals surface area contributed by atoms with Gasteiger partial charge < -0.3 is 10.4 Å². The van der Waals surface area contributed by atoms with Gasteiger partial charge in [-0.2, -0.15) is 0 Å². The van der Waals surface area contributed by atoms with Crippen LogP contribution in [-0.2, 0) is 21.8 Å². The second-order valence-electron chi connectivity index (χ2n) is 4.23. The molecule has 0 atom stereocenters. The van der Waals surface area contributed by atoms with Gasteiger partial charge in [0, 0.05) is 10.6 Å². The summed E-state index contributed by atoms with van der Waals surface area (Å²) in [4.78, 5) is 27.5. The number of rotatable bonds is 7. The monoisotopic (exact) mass is 322 g/mol. The molecule has 0 radical (unpaired) electrons. The molecule has 110 valence electrons. The molecule has 0 aliphatic carbocycles. The first-order chi connectivity index (χ1) is 10.1. The van der Waals surface area contributed by atoms with Crippen molar-refractivity contribution in [3.63, 3.8) is 0 Å². The largest absolute Gasteiger partial charge is 0.481 e. The third-order valence-corrected chi connectivity index (χ3v) is 4.54. The molecule has 2 N–H and O–H groups in total. The van der Waals surface area contributed by atoms with Crippen LogP contribution < -0.4 is 5.32 Å². The smallest absolute Gasteiger partial charge is 0.309 e. The first-order valence-electron chi connectivity index (χ1n) is 6.20. The number of carboxylic acids is 1. The van der Waals surface area contributed by atoms with Gasteiger partial charge >= 0.3 is 5.97 Å². The van der Waals surface area contributed by atoms with E-state index >= 15 is 0 Å². The van der Waals surface area contributed by atoms with Crippen LogP contribution >= 0.6 is 23.1 Å². The van der Waals surface area contributed by atoms with Gasteiger partial charge in [0.2, 0.25) is 5.91 Å². The van der Waals surface area contributed by atoms with Gasteiger partial charge in [-0.05, 0) is 23.6 Å². The Morgan fingerprint density at radius 1 is 1.33 bits per heavy atom. The number of aliphatic carboxylic acids is 1. The van der Waals surface area contributed by atoms with Gasteiger partial charge in [0.1, 0.15) is 0 Å². The van der Waals surface area contributed by atoms with Gasteiger partial charge in [-0.3, -0.25) is 14.6 Å². The standard InChI is InChI=1S/C14H14N2O3S2/c17-13(9-20-8-12-2-1-5-21-12)16-11-4-3-10(15-7-11)6-14(18)19/h1-5,7H,6,8-9H2,(H,16,17)(H,18,19). The lowest BCUT2D eigenvalue weighted by Crippen LogP contribution is -2.14. The summed E-state index contributed by atoms with van der Waals surface area (Å²) in [6.45, 7) is 0. The van der Waals surface area contributed by atoms with E-state index in [-0.39, 0.29) is 12.3 Å². The van der Waals surface area contributed by atoms with E-state index in [4.69, 9.17) is 5.11 Å². The third-order valence-electron chi connectivity index (χ3n) is 2.50. The van der Waals surface area contributed by atoms with Gasteiger partial charge in [-0.25, -0.2) is 0 Å². The van der Waals surface area contributed by atoms with Crippen LogP contribution in [0.4, 0.5) is 5.69 Å². The highest BCUT2D eigenvalue weighted by atomic mass is 32.2. The lowest BCUT2D eigenvalue weighted by molar-refractivity contribution is -0.136. The molecule has 2 aromatic rings. The highest BCUT2D eigenvalue weighted by Gasteiger charge is 2.05. The van der Waals surface area contributed by atoms with Crippen LogP contribution in [0.2, 0.25) is 0 Å². The molecular weight excluding hydrogens is 308 g/mol. The van der Waals surface area contributed by atoms with Gasteiger partial charge in [-0.15, -0.1) is 23.1 Å². The van der Waals surface area contributed by atoms with E-state index in [1.807, 2.05) is 17.5 Å². The Hall–Kier alpha value is -1.86. The normalized spacial score (nSPS) is 10.3. The van der Waals surface area contributed by atoms with E-state index in [1.54, 1.807) is 35.2 Å². The minimum atomic E-state index is -0.927. The Morgan fingerprint density at radius 3 is 2.81 bits per heavy atom. The van der Waals surface area contributed by atoms with Crippen LogP contribution in [0.3, 0.4) is 0 Å². The Bertz CT molecular complexity index is 597. The number of carbonyl (C=O) groups excluding carboxylic acids is 1. The molecule has 0 saturated carbocycles. The highest BCUT2D eigenvalue weighted by Crippen LogP contribution is 2.17. The molecule has 2 aromatic heterocycles. The van der Waals surface area contributed by atoms with Crippen molar-refractivity contribution in [2.24, 2.45) is 0 Å². The predicted octanol–water partition coefficient (Wildman–Crippen LogP) is 2.64. The highest BCUT2D eigenvalue weighted by molar-refractivity contribution is 7.99. The number of anilines is 1. The fraction of sp³-hybridized carbons (Fsp3) is 0.214. The Morgan fingerprint density at radius 2 is 2.19 bits per heavy atom. The van der Waals surface area contributed by atoms with Gasteiger partial charge in [0.05, 0.1) is 29.8 Å². The van der Waals surface area contributed by atoms with E-state index in [0.717, 1.165) is 5.75 Å². The summed E-state index contributed by atoms with van der Waals surface area (Å²) in [6, 6.07) is 7.29. The molecule has 2 rings (SSSR count). The lowest BCUT2D eigenvalue weighted by Gasteiger charge is -2.05. The topological polar surface area (TPSA) is 79.3 Å². The summed E-state index contributed by atoms with van der Waals surface area (Å²) in [7, 11) is 0. The predicted molar refractivity (Wildman–Crippen MR) is 84.7 cm³/mol. The van der Waals surface area contributed by atoms with Crippen LogP contribution in [-0.4, -0.2) is 27.7 Å². The number of carbonyl (C=O) groups is 2. The molecule has 7 heteroatoms. The fourth-order valence-corrected chi connectivity index (χ4v) is 3.26. The number of hydrogen-bond donors (Lipinski definition) is 2. The van der Waals surface area contributed by atoms with Gasteiger partial charge in [0.25, 0.3) is 0 Å². The summed E-state index contributed by atoms with van der Waals surface area (Å²) in [5.74, 6) is 0.170. The number of hydrogen-bond acceptors (Lipinski definition) is 5. The molecule has 0 aliphatic rings. The van der Waals surface area contributed by atoms with Crippen molar-refractivity contribution < 1.29 is 14.7 Å². The zero-order chi connectivity index (χ0) is 15.1. The maximum Gasteiger partial charge on any atom is 0.309 e. The van der Waals surface area contributed by atoms with Crippen LogP contribution in [0, 0.1) is 0 Å². The van der Waals surface area contributed by atoms with E-state index in [1.165, 1.54) is 11.1 Å². The molecule has 0 aliphatic heterocycles. The molecule has 0 spiro atoms. The van der Waals surface area contributed by atoms with E-state index in [9.17, 15) is 9.59 Å². The molecule has 0 saturated heterocycles. The first-order valence-corrected chi connectivity index (χ1v) is 8.23. The zero-order valence-corrected chi connectivity index (χ0v) is 12.7. The summed E-state index contributed by atoms with van der Waals surface area (Å²) in [5, 5.41) is 13.4. The van der Waals surface area contributed by atoms with E-state index in [0.29, 0.717) is 17.1 Å². The van der Waals surface area contributed by atoms with Gasteiger partial charge in [0.15, 0.2) is 0 Å². The molecule has 0 bridgehead atoms. The average molecular weight is 322 g/mol. The third kappa shape index (κ3) is 5.57. The Labute approximate surface area is 130 Å².